The van der Waals surface area contributed by atoms with E-state index in [9.17, 15) is 46.3 Å². The van der Waals surface area contributed by atoms with E-state index in [0.29, 0.717) is 10.0 Å². The number of fused-ring (bicyclic) bond motifs is 6. The van der Waals surface area contributed by atoms with E-state index >= 15 is 17.6 Å². The Kier molecular flexibility index (Phi) is 17.1. The zero-order valence-corrected chi connectivity index (χ0v) is 45.5. The Bertz CT molecular complexity index is 3320. The Hall–Kier alpha value is -7.72. The van der Waals surface area contributed by atoms with Crippen LogP contribution >= 0.6 is 23.2 Å². The van der Waals surface area contributed by atoms with Crippen LogP contribution in [-0.4, -0.2) is 120 Å². The molecule has 0 saturated carbocycles. The average Bonchev–Trinajstić information content (AvgIpc) is 3.81. The summed E-state index contributed by atoms with van der Waals surface area (Å²) in [5.41, 5.74) is -2.72. The monoisotopic (exact) mass is 1160 g/mol. The highest BCUT2D eigenvalue weighted by Gasteiger charge is 2.52. The van der Waals surface area contributed by atoms with Crippen molar-refractivity contribution in [2.45, 2.75) is 51.4 Å². The summed E-state index contributed by atoms with van der Waals surface area (Å²) in [5.74, 6) is -24.8. The second kappa shape index (κ2) is 22.8. The van der Waals surface area contributed by atoms with Crippen LogP contribution in [-0.2, 0) is 64.1 Å². The summed E-state index contributed by atoms with van der Waals surface area (Å²) in [6, 6.07) is 18.1. The Morgan fingerprint density at radius 2 is 0.750 bits per heavy atom. The molecule has 0 fully saturated rings. The van der Waals surface area contributed by atoms with Crippen LogP contribution in [0.3, 0.4) is 0 Å². The first-order valence-electron chi connectivity index (χ1n) is 24.5. The first kappa shape index (κ1) is 59.9. The quantitative estimate of drug-likeness (QED) is 0.0584. The Morgan fingerprint density at radius 1 is 0.463 bits per heavy atom. The van der Waals surface area contributed by atoms with Gasteiger partial charge in [-0.1, -0.05) is 71.7 Å². The van der Waals surface area contributed by atoms with Gasteiger partial charge in [0, 0.05) is 107 Å². The summed E-state index contributed by atoms with van der Waals surface area (Å²) in [6.07, 6.45) is 0. The fourth-order valence-electron chi connectivity index (χ4n) is 9.46. The number of halogens is 10. The highest BCUT2D eigenvalue weighted by atomic mass is 35.5. The number of alkyl halides is 8. The van der Waals surface area contributed by atoms with Gasteiger partial charge in [-0.25, -0.2) is 19.2 Å². The maximum absolute atomic E-state index is 15.8. The predicted molar refractivity (Wildman–Crippen MR) is 279 cm³/mol. The van der Waals surface area contributed by atoms with Gasteiger partial charge in [0.2, 0.25) is 0 Å². The summed E-state index contributed by atoms with van der Waals surface area (Å²) in [6.45, 7) is 3.17. The standard InChI is InChI=1S/2C28H25ClF4N2O5/c2*1-5-39-25(37)27(30,31)16-9-12-18-20(13-16)35(4)23-21(15-7-10-17(29)11-8-15)19(14-34(3)24(36)22(18)23)28(32,33)26(38)40-6-2/h2*7-13H,5-6,14H2,1-4H3. The van der Waals surface area contributed by atoms with Crippen LogP contribution in [0, 0.1) is 0 Å². The molecule has 4 aromatic carbocycles. The normalized spacial score (nSPS) is 14.3. The number of carbonyl (C=O) groups excluding carboxylic acids is 6. The van der Waals surface area contributed by atoms with E-state index in [1.54, 1.807) is 0 Å². The van der Waals surface area contributed by atoms with Gasteiger partial charge in [-0.05, 0) is 75.2 Å². The van der Waals surface area contributed by atoms with Crippen LogP contribution in [0.25, 0.3) is 33.0 Å². The van der Waals surface area contributed by atoms with Gasteiger partial charge >= 0.3 is 47.6 Å². The number of hydrogen-bond acceptors (Lipinski definition) is 10. The largest absolute Gasteiger partial charge is 0.461 e. The summed E-state index contributed by atoms with van der Waals surface area (Å²) in [7, 11) is 5.42. The van der Waals surface area contributed by atoms with E-state index < -0.39 is 94.7 Å². The first-order chi connectivity index (χ1) is 37.5. The summed E-state index contributed by atoms with van der Waals surface area (Å²) < 4.78 is 144. The molecule has 8 rings (SSSR count). The minimum absolute atomic E-state index is 0.0257. The predicted octanol–water partition coefficient (Wildman–Crippen LogP) is 11.1. The zero-order valence-electron chi connectivity index (χ0n) is 44.0. The van der Waals surface area contributed by atoms with Crippen LogP contribution in [0.2, 0.25) is 10.0 Å². The third-order valence-corrected chi connectivity index (χ3v) is 13.8. The number of rotatable bonds is 14. The van der Waals surface area contributed by atoms with Crippen molar-refractivity contribution in [1.82, 2.24) is 18.9 Å². The van der Waals surface area contributed by atoms with E-state index in [1.807, 2.05) is 0 Å². The second-order valence-corrected chi connectivity index (χ2v) is 19.1. The molecule has 2 amide bonds. The molecule has 0 spiro atoms. The molecule has 14 nitrogen and oxygen atoms in total. The molecular formula is C56H50Cl2F8N4O10. The van der Waals surface area contributed by atoms with E-state index in [-0.39, 0.29) is 93.0 Å². The molecule has 0 radical (unpaired) electrons. The molecular weight excluding hydrogens is 1110 g/mol. The van der Waals surface area contributed by atoms with Crippen molar-refractivity contribution in [3.05, 3.63) is 151 Å². The molecule has 424 valence electrons. The second-order valence-electron chi connectivity index (χ2n) is 18.3. The molecule has 0 unspecified atom stereocenters. The molecule has 2 aromatic heterocycles. The maximum Gasteiger partial charge on any atom is 0.381 e. The third-order valence-electron chi connectivity index (χ3n) is 13.3. The van der Waals surface area contributed by atoms with Crippen molar-refractivity contribution in [2.75, 3.05) is 53.6 Å². The zero-order chi connectivity index (χ0) is 59.1. The highest BCUT2D eigenvalue weighted by Crippen LogP contribution is 2.47. The molecule has 0 aliphatic carbocycles. The lowest BCUT2D eigenvalue weighted by Crippen LogP contribution is -2.39. The number of amides is 2. The van der Waals surface area contributed by atoms with Crippen LogP contribution < -0.4 is 0 Å². The number of aryl methyl sites for hydroxylation is 2. The Morgan fingerprint density at radius 3 is 1.04 bits per heavy atom. The van der Waals surface area contributed by atoms with Gasteiger partial charge in [0.25, 0.3) is 11.8 Å². The first-order valence-corrected chi connectivity index (χ1v) is 25.3. The number of carbonyl (C=O) groups is 6. The van der Waals surface area contributed by atoms with Gasteiger partial charge in [0.1, 0.15) is 0 Å². The lowest BCUT2D eigenvalue weighted by atomic mass is 9.91. The van der Waals surface area contributed by atoms with Crippen LogP contribution in [0.1, 0.15) is 82.1 Å². The van der Waals surface area contributed by atoms with Gasteiger partial charge in [-0.15, -0.1) is 0 Å². The number of ether oxygens (including phenoxy) is 4. The minimum atomic E-state index is -4.15. The average molecular weight is 1160 g/mol. The van der Waals surface area contributed by atoms with Gasteiger partial charge in [0.15, 0.2) is 0 Å². The highest BCUT2D eigenvalue weighted by molar-refractivity contribution is 6.31. The Balaban J connectivity index is 0.000000231. The minimum Gasteiger partial charge on any atom is -0.461 e. The van der Waals surface area contributed by atoms with Gasteiger partial charge < -0.3 is 37.9 Å². The third kappa shape index (κ3) is 10.6. The van der Waals surface area contributed by atoms with Crippen molar-refractivity contribution in [1.29, 1.82) is 0 Å². The summed E-state index contributed by atoms with van der Waals surface area (Å²) in [4.78, 5) is 78.2. The summed E-state index contributed by atoms with van der Waals surface area (Å²) in [5, 5.41) is 0.996. The number of aromatic nitrogens is 2. The molecule has 0 atom stereocenters. The number of hydrogen-bond donors (Lipinski definition) is 0. The molecule has 80 heavy (non-hydrogen) atoms. The van der Waals surface area contributed by atoms with Crippen molar-refractivity contribution in [3.8, 4) is 0 Å². The van der Waals surface area contributed by atoms with Crippen LogP contribution in [0.4, 0.5) is 35.1 Å². The lowest BCUT2D eigenvalue weighted by molar-refractivity contribution is -0.173. The number of benzene rings is 4. The topological polar surface area (TPSA) is 156 Å². The molecule has 4 heterocycles. The fraction of sp³-hybridized carbons (Fsp3) is 0.321. The molecule has 0 N–H and O–H groups in total. The van der Waals surface area contributed by atoms with Gasteiger partial charge in [-0.3, -0.25) is 9.59 Å². The molecule has 0 saturated heterocycles. The molecule has 2 aliphatic rings. The van der Waals surface area contributed by atoms with Crippen molar-refractivity contribution in [2.24, 2.45) is 14.1 Å². The van der Waals surface area contributed by atoms with E-state index in [1.165, 1.54) is 126 Å². The molecule has 2 aliphatic heterocycles. The fourth-order valence-corrected chi connectivity index (χ4v) is 9.71. The van der Waals surface area contributed by atoms with E-state index in [0.717, 1.165) is 34.1 Å². The van der Waals surface area contributed by atoms with Crippen molar-refractivity contribution < 1.29 is 82.8 Å². The van der Waals surface area contributed by atoms with Crippen LogP contribution in [0.15, 0.2) is 96.1 Å². The number of esters is 4. The van der Waals surface area contributed by atoms with E-state index in [4.69, 9.17) is 23.2 Å². The van der Waals surface area contributed by atoms with Gasteiger partial charge in [-0.2, -0.15) is 35.1 Å². The van der Waals surface area contributed by atoms with Crippen molar-refractivity contribution >= 4 is 91.8 Å². The van der Waals surface area contributed by atoms with E-state index in [2.05, 4.69) is 18.9 Å². The Labute approximate surface area is 462 Å². The number of nitrogens with zero attached hydrogens (tertiary/aromatic N) is 4. The smallest absolute Gasteiger partial charge is 0.381 e. The van der Waals surface area contributed by atoms with Gasteiger partial charge in [0.05, 0.1) is 48.9 Å². The van der Waals surface area contributed by atoms with Crippen LogP contribution in [0.5, 0.6) is 0 Å². The van der Waals surface area contributed by atoms with Crippen molar-refractivity contribution in [3.63, 3.8) is 0 Å². The molecule has 0 bridgehead atoms. The lowest BCUT2D eigenvalue weighted by Gasteiger charge is -2.24. The molecule has 6 aromatic rings. The number of likely N-dealkylation sites (N-methyl/N-ethyl adjacent to an activating group) is 2. The molecule has 24 heteroatoms. The summed E-state index contributed by atoms with van der Waals surface area (Å²) >= 11 is 12.1. The maximum atomic E-state index is 15.8. The SMILES string of the molecule is CCOC(=O)C(F)(F)C1=C(c2ccc(Cl)cc2)c2c(c3ccc(C(F)(F)C(=O)OCC)cc3n2C)C(=O)N(C)C1.CCOC(=O)C(F)(F)C1=C(c2ccc(Cl)cc2)c2c(c3ccc(C(F)(F)C(=O)OCC)cc3n2C)C(=O)N(C)C1.